The molecule has 1 amide bonds. The largest absolute Gasteiger partial charge is 0.305 e. The number of aromatic amines is 1. The fourth-order valence-corrected chi connectivity index (χ4v) is 1.98. The van der Waals surface area contributed by atoms with E-state index in [1.807, 2.05) is 19.9 Å². The van der Waals surface area contributed by atoms with Crippen LogP contribution in [0, 0.1) is 6.92 Å². The van der Waals surface area contributed by atoms with Gasteiger partial charge >= 0.3 is 0 Å². The van der Waals surface area contributed by atoms with Crippen molar-refractivity contribution < 1.29 is 4.79 Å². The van der Waals surface area contributed by atoms with Crippen molar-refractivity contribution in [3.8, 4) is 0 Å². The SMILES string of the molecule is CCCc1cc(NC(=O)c2cc(C)nnc2CC)n[nH]1. The first-order valence-corrected chi connectivity index (χ1v) is 6.82. The van der Waals surface area contributed by atoms with E-state index in [4.69, 9.17) is 0 Å². The Labute approximate surface area is 118 Å². The summed E-state index contributed by atoms with van der Waals surface area (Å²) < 4.78 is 0. The second-order valence-corrected chi connectivity index (χ2v) is 4.68. The van der Waals surface area contributed by atoms with Gasteiger partial charge in [0.15, 0.2) is 5.82 Å². The Kier molecular flexibility index (Phi) is 4.45. The maximum Gasteiger partial charge on any atom is 0.258 e. The third-order valence-corrected chi connectivity index (χ3v) is 2.96. The van der Waals surface area contributed by atoms with Crippen molar-refractivity contribution in [3.05, 3.63) is 34.8 Å². The van der Waals surface area contributed by atoms with Crippen LogP contribution in [0.4, 0.5) is 5.82 Å². The summed E-state index contributed by atoms with van der Waals surface area (Å²) in [6, 6.07) is 3.61. The van der Waals surface area contributed by atoms with Crippen LogP contribution < -0.4 is 5.32 Å². The minimum atomic E-state index is -0.200. The van der Waals surface area contributed by atoms with E-state index >= 15 is 0 Å². The van der Waals surface area contributed by atoms with Crippen LogP contribution in [0.25, 0.3) is 0 Å². The summed E-state index contributed by atoms with van der Waals surface area (Å²) in [6.45, 7) is 5.86. The number of nitrogens with zero attached hydrogens (tertiary/aromatic N) is 3. The predicted molar refractivity (Wildman–Crippen MR) is 76.7 cm³/mol. The van der Waals surface area contributed by atoms with E-state index in [0.29, 0.717) is 23.5 Å². The molecular weight excluding hydrogens is 254 g/mol. The summed E-state index contributed by atoms with van der Waals surface area (Å²) in [5.74, 6) is 0.337. The lowest BCUT2D eigenvalue weighted by molar-refractivity contribution is 0.102. The van der Waals surface area contributed by atoms with Crippen LogP contribution in [0.1, 0.15) is 47.7 Å². The number of amides is 1. The minimum absolute atomic E-state index is 0.200. The van der Waals surface area contributed by atoms with Crippen LogP contribution in [0.2, 0.25) is 0 Å². The lowest BCUT2D eigenvalue weighted by Gasteiger charge is -2.06. The monoisotopic (exact) mass is 273 g/mol. The van der Waals surface area contributed by atoms with Crippen molar-refractivity contribution in [1.82, 2.24) is 20.4 Å². The molecular formula is C14H19N5O. The number of aryl methyl sites for hydroxylation is 3. The third-order valence-electron chi connectivity index (χ3n) is 2.96. The van der Waals surface area contributed by atoms with E-state index in [1.54, 1.807) is 6.07 Å². The highest BCUT2D eigenvalue weighted by atomic mass is 16.1. The fourth-order valence-electron chi connectivity index (χ4n) is 1.98. The van der Waals surface area contributed by atoms with Gasteiger partial charge in [0.05, 0.1) is 17.0 Å². The fraction of sp³-hybridized carbons (Fsp3) is 0.429. The highest BCUT2D eigenvalue weighted by molar-refractivity contribution is 6.04. The predicted octanol–water partition coefficient (Wildman–Crippen LogP) is 2.28. The van der Waals surface area contributed by atoms with Crippen molar-refractivity contribution in [2.75, 3.05) is 5.32 Å². The van der Waals surface area contributed by atoms with Gasteiger partial charge in [0.25, 0.3) is 5.91 Å². The Morgan fingerprint density at radius 1 is 1.30 bits per heavy atom. The Morgan fingerprint density at radius 2 is 2.10 bits per heavy atom. The molecule has 0 aliphatic rings. The molecule has 0 saturated heterocycles. The Hall–Kier alpha value is -2.24. The number of nitrogens with one attached hydrogen (secondary N) is 2. The summed E-state index contributed by atoms with van der Waals surface area (Å²) in [4.78, 5) is 12.3. The average molecular weight is 273 g/mol. The molecule has 0 radical (unpaired) electrons. The van der Waals surface area contributed by atoms with E-state index in [2.05, 4.69) is 32.6 Å². The van der Waals surface area contributed by atoms with Crippen LogP contribution in [0.3, 0.4) is 0 Å². The molecule has 0 atom stereocenters. The molecule has 20 heavy (non-hydrogen) atoms. The number of carbonyl (C=O) groups is 1. The zero-order valence-electron chi connectivity index (χ0n) is 12.0. The Balaban J connectivity index is 2.16. The molecule has 2 rings (SSSR count). The second kappa shape index (κ2) is 6.27. The van der Waals surface area contributed by atoms with Crippen LogP contribution in [0.15, 0.2) is 12.1 Å². The van der Waals surface area contributed by atoms with Crippen molar-refractivity contribution in [2.24, 2.45) is 0 Å². The van der Waals surface area contributed by atoms with Gasteiger partial charge in [0.2, 0.25) is 0 Å². The molecule has 0 bridgehead atoms. The van der Waals surface area contributed by atoms with Crippen LogP contribution in [0.5, 0.6) is 0 Å². The number of hydrogen-bond donors (Lipinski definition) is 2. The van der Waals surface area contributed by atoms with Crippen molar-refractivity contribution >= 4 is 11.7 Å². The first-order chi connectivity index (χ1) is 9.63. The number of anilines is 1. The highest BCUT2D eigenvalue weighted by Crippen LogP contribution is 2.12. The van der Waals surface area contributed by atoms with Crippen molar-refractivity contribution in [2.45, 2.75) is 40.0 Å². The Bertz CT molecular complexity index is 605. The van der Waals surface area contributed by atoms with Crippen molar-refractivity contribution in [1.29, 1.82) is 0 Å². The molecule has 0 aliphatic heterocycles. The number of hydrogen-bond acceptors (Lipinski definition) is 4. The average Bonchev–Trinajstić information content (AvgIpc) is 2.86. The van der Waals surface area contributed by atoms with E-state index in [1.165, 1.54) is 0 Å². The van der Waals surface area contributed by atoms with E-state index in [9.17, 15) is 4.79 Å². The maximum atomic E-state index is 12.3. The number of H-pyrrole nitrogens is 1. The third kappa shape index (κ3) is 3.20. The first kappa shape index (κ1) is 14.2. The lowest BCUT2D eigenvalue weighted by atomic mass is 10.1. The standard InChI is InChI=1S/C14H19N5O/c1-4-6-10-8-13(19-17-10)15-14(20)11-7-9(3)16-18-12(11)5-2/h7-8H,4-6H2,1-3H3,(H2,15,17,19,20). The molecule has 0 aliphatic carbocycles. The molecule has 0 unspecified atom stereocenters. The molecule has 106 valence electrons. The number of rotatable bonds is 5. The molecule has 2 heterocycles. The summed E-state index contributed by atoms with van der Waals surface area (Å²) in [5, 5.41) is 17.8. The smallest absolute Gasteiger partial charge is 0.258 e. The summed E-state index contributed by atoms with van der Waals surface area (Å²) >= 11 is 0. The summed E-state index contributed by atoms with van der Waals surface area (Å²) in [5.41, 5.74) is 2.99. The van der Waals surface area contributed by atoms with Gasteiger partial charge in [0.1, 0.15) is 0 Å². The van der Waals surface area contributed by atoms with E-state index < -0.39 is 0 Å². The molecule has 0 saturated carbocycles. The number of aromatic nitrogens is 4. The van der Waals surface area contributed by atoms with Gasteiger partial charge in [-0.05, 0) is 25.8 Å². The zero-order chi connectivity index (χ0) is 14.5. The second-order valence-electron chi connectivity index (χ2n) is 4.68. The molecule has 2 aromatic heterocycles. The van der Waals surface area contributed by atoms with E-state index in [-0.39, 0.29) is 5.91 Å². The molecule has 2 aromatic rings. The summed E-state index contributed by atoms with van der Waals surface area (Å²) in [6.07, 6.45) is 2.61. The normalized spacial score (nSPS) is 10.6. The molecule has 0 aromatic carbocycles. The van der Waals surface area contributed by atoms with Gasteiger partial charge in [-0.1, -0.05) is 20.3 Å². The van der Waals surface area contributed by atoms with Crippen LogP contribution in [-0.2, 0) is 12.8 Å². The van der Waals surface area contributed by atoms with Gasteiger partial charge in [-0.3, -0.25) is 9.89 Å². The quantitative estimate of drug-likeness (QED) is 0.875. The minimum Gasteiger partial charge on any atom is -0.305 e. The van der Waals surface area contributed by atoms with Crippen molar-refractivity contribution in [3.63, 3.8) is 0 Å². The van der Waals surface area contributed by atoms with Gasteiger partial charge in [-0.25, -0.2) is 0 Å². The molecule has 2 N–H and O–H groups in total. The van der Waals surface area contributed by atoms with E-state index in [0.717, 1.165) is 24.2 Å². The zero-order valence-corrected chi connectivity index (χ0v) is 12.0. The molecule has 6 heteroatoms. The summed E-state index contributed by atoms with van der Waals surface area (Å²) in [7, 11) is 0. The van der Waals surface area contributed by atoms with Crippen LogP contribution >= 0.6 is 0 Å². The maximum absolute atomic E-state index is 12.3. The molecule has 6 nitrogen and oxygen atoms in total. The first-order valence-electron chi connectivity index (χ1n) is 6.82. The molecule has 0 spiro atoms. The van der Waals surface area contributed by atoms with Gasteiger partial charge in [-0.15, -0.1) is 0 Å². The van der Waals surface area contributed by atoms with Gasteiger partial charge in [-0.2, -0.15) is 15.3 Å². The molecule has 0 fully saturated rings. The number of carbonyl (C=O) groups excluding carboxylic acids is 1. The topological polar surface area (TPSA) is 83.6 Å². The van der Waals surface area contributed by atoms with Crippen LogP contribution in [-0.4, -0.2) is 26.3 Å². The Morgan fingerprint density at radius 3 is 2.80 bits per heavy atom. The van der Waals surface area contributed by atoms with Gasteiger partial charge in [0, 0.05) is 11.8 Å². The lowest BCUT2D eigenvalue weighted by Crippen LogP contribution is -2.16. The van der Waals surface area contributed by atoms with Gasteiger partial charge < -0.3 is 5.32 Å². The highest BCUT2D eigenvalue weighted by Gasteiger charge is 2.14.